The van der Waals surface area contributed by atoms with Gasteiger partial charge in [-0.25, -0.2) is 0 Å². The molecule has 33 heavy (non-hydrogen) atoms. The van der Waals surface area contributed by atoms with E-state index in [1.807, 2.05) is 47.6 Å². The predicted octanol–water partition coefficient (Wildman–Crippen LogP) is 7.81. The molecule has 3 rings (SSSR count). The molecule has 3 aromatic carbocycles. The first-order valence-electron chi connectivity index (χ1n) is 11.8. The van der Waals surface area contributed by atoms with E-state index in [0.29, 0.717) is 6.54 Å². The molecular formula is C29H41N2OY-. The van der Waals surface area contributed by atoms with Gasteiger partial charge >= 0.3 is 0 Å². The number of carbonyl (C=O) groups excluding carboxylic acids is 1. The minimum absolute atomic E-state index is 0. The van der Waals surface area contributed by atoms with E-state index in [9.17, 15) is 4.79 Å². The van der Waals surface area contributed by atoms with Crippen LogP contribution in [0.4, 0.5) is 4.79 Å². The molecule has 0 aliphatic carbocycles. The Labute approximate surface area is 227 Å². The largest absolute Gasteiger partial charge is 0.490 e. The van der Waals surface area contributed by atoms with Crippen molar-refractivity contribution in [1.82, 2.24) is 10.6 Å². The van der Waals surface area contributed by atoms with E-state index in [-0.39, 0.29) is 38.7 Å². The fourth-order valence-electron chi connectivity index (χ4n) is 2.99. The Kier molecular flexibility index (Phi) is 22.0. The summed E-state index contributed by atoms with van der Waals surface area (Å²) in [7, 11) is 3.33. The van der Waals surface area contributed by atoms with Crippen molar-refractivity contribution in [1.29, 1.82) is 0 Å². The molecule has 177 valence electrons. The van der Waals surface area contributed by atoms with Crippen molar-refractivity contribution >= 4 is 6.03 Å². The first-order chi connectivity index (χ1) is 15.8. The smallest absolute Gasteiger partial charge is 0.285 e. The van der Waals surface area contributed by atoms with E-state index in [4.69, 9.17) is 0 Å². The molecule has 4 heteroatoms. The molecule has 0 aromatic heterocycles. The third-order valence-corrected chi connectivity index (χ3v) is 4.42. The molecule has 0 aliphatic heterocycles. The van der Waals surface area contributed by atoms with E-state index in [1.54, 1.807) is 0 Å². The Balaban J connectivity index is 0. The fraction of sp³-hybridized carbons (Fsp3) is 0.310. The SMILES string of the molecule is CC.CC.CC.[CH2-]NC(=O)NCc1ccc(CCc2ccccc2-c2ccccc2)cc1.[Y]. The Hall–Kier alpha value is -1.97. The van der Waals surface area contributed by atoms with Crippen LogP contribution in [-0.2, 0) is 52.1 Å². The molecule has 2 amide bonds. The molecule has 0 heterocycles. The first-order valence-corrected chi connectivity index (χ1v) is 11.8. The Morgan fingerprint density at radius 2 is 1.21 bits per heavy atom. The van der Waals surface area contributed by atoms with Crippen molar-refractivity contribution in [3.05, 3.63) is 103 Å². The summed E-state index contributed by atoms with van der Waals surface area (Å²) in [6.45, 7) is 12.5. The average Bonchev–Trinajstić information content (AvgIpc) is 2.91. The van der Waals surface area contributed by atoms with Crippen LogP contribution in [0.3, 0.4) is 0 Å². The van der Waals surface area contributed by atoms with E-state index < -0.39 is 0 Å². The monoisotopic (exact) mass is 522 g/mol. The molecule has 2 N–H and O–H groups in total. The third-order valence-electron chi connectivity index (χ3n) is 4.42. The van der Waals surface area contributed by atoms with Crippen molar-refractivity contribution in [3.8, 4) is 11.1 Å². The molecule has 3 aromatic rings. The van der Waals surface area contributed by atoms with Crippen LogP contribution < -0.4 is 10.6 Å². The quantitative estimate of drug-likeness (QED) is 0.319. The molecule has 0 aliphatic rings. The number of nitrogens with one attached hydrogen (secondary N) is 2. The van der Waals surface area contributed by atoms with Crippen LogP contribution in [0.1, 0.15) is 58.2 Å². The number of carbonyl (C=O) groups is 1. The van der Waals surface area contributed by atoms with Crippen LogP contribution in [0.5, 0.6) is 0 Å². The standard InChI is InChI=1S/C23H23N2O.3C2H6.Y/c1-24-23(26)25-17-19-13-11-18(12-14-19)15-16-21-9-5-6-10-22(21)20-7-3-2-4-8-20;3*1-2;/h2-14H,1,15-17H2,(H2,24,25,26);3*1-2H3;/q-1;;;;. The van der Waals surface area contributed by atoms with Gasteiger partial charge in [0.15, 0.2) is 0 Å². The summed E-state index contributed by atoms with van der Waals surface area (Å²) in [5, 5.41) is 5.04. The summed E-state index contributed by atoms with van der Waals surface area (Å²) in [5.41, 5.74) is 6.28. The summed E-state index contributed by atoms with van der Waals surface area (Å²) in [6.07, 6.45) is 1.98. The van der Waals surface area contributed by atoms with Crippen LogP contribution in [0.2, 0.25) is 0 Å². The molecule has 1 radical (unpaired) electrons. The van der Waals surface area contributed by atoms with Crippen molar-refractivity contribution in [2.45, 2.75) is 60.9 Å². The van der Waals surface area contributed by atoms with E-state index in [1.165, 1.54) is 22.3 Å². The van der Waals surface area contributed by atoms with Crippen molar-refractivity contribution in [2.24, 2.45) is 0 Å². The van der Waals surface area contributed by atoms with Gasteiger partial charge in [0, 0.05) is 39.3 Å². The van der Waals surface area contributed by atoms with E-state index >= 15 is 0 Å². The normalized spacial score (nSPS) is 8.70. The van der Waals surface area contributed by atoms with Gasteiger partial charge in [-0.2, -0.15) is 0 Å². The van der Waals surface area contributed by atoms with Crippen molar-refractivity contribution in [2.75, 3.05) is 0 Å². The Morgan fingerprint density at radius 1 is 0.697 bits per heavy atom. The van der Waals surface area contributed by atoms with Gasteiger partial charge in [-0.05, 0) is 40.7 Å². The Morgan fingerprint density at radius 3 is 1.79 bits per heavy atom. The second kappa shape index (κ2) is 21.9. The van der Waals surface area contributed by atoms with Gasteiger partial charge in [-0.1, -0.05) is 120 Å². The maximum absolute atomic E-state index is 11.2. The van der Waals surface area contributed by atoms with Gasteiger partial charge < -0.3 is 10.6 Å². The topological polar surface area (TPSA) is 41.1 Å². The van der Waals surface area contributed by atoms with Crippen LogP contribution in [0.25, 0.3) is 11.1 Å². The van der Waals surface area contributed by atoms with Crippen molar-refractivity contribution < 1.29 is 37.5 Å². The maximum atomic E-state index is 11.2. The minimum Gasteiger partial charge on any atom is -0.490 e. The molecule has 0 bridgehead atoms. The van der Waals surface area contributed by atoms with Crippen LogP contribution in [0, 0.1) is 7.05 Å². The summed E-state index contributed by atoms with van der Waals surface area (Å²) >= 11 is 0. The summed E-state index contributed by atoms with van der Waals surface area (Å²) < 4.78 is 0. The molecule has 0 saturated carbocycles. The van der Waals surface area contributed by atoms with Crippen LogP contribution in [0.15, 0.2) is 78.9 Å². The van der Waals surface area contributed by atoms with Gasteiger partial charge in [0.05, 0.1) is 0 Å². The zero-order valence-electron chi connectivity index (χ0n) is 21.3. The molecule has 0 spiro atoms. The second-order valence-electron chi connectivity index (χ2n) is 6.20. The molecule has 3 nitrogen and oxygen atoms in total. The number of aryl methyl sites for hydroxylation is 2. The van der Waals surface area contributed by atoms with Gasteiger partial charge in [0.1, 0.15) is 0 Å². The number of hydrogen-bond acceptors (Lipinski definition) is 1. The number of hydrogen-bond donors (Lipinski definition) is 2. The number of amides is 2. The van der Waals surface area contributed by atoms with Crippen molar-refractivity contribution in [3.63, 3.8) is 0 Å². The van der Waals surface area contributed by atoms with Crippen LogP contribution >= 0.6 is 0 Å². The molecule has 0 unspecified atom stereocenters. The van der Waals surface area contributed by atoms with E-state index in [0.717, 1.165) is 18.4 Å². The Bertz CT molecular complexity index is 849. The summed E-state index contributed by atoms with van der Waals surface area (Å²) in [5.74, 6) is 0. The number of rotatable bonds is 6. The second-order valence-corrected chi connectivity index (χ2v) is 6.20. The third kappa shape index (κ3) is 12.7. The zero-order valence-corrected chi connectivity index (χ0v) is 24.2. The number of urea groups is 1. The summed E-state index contributed by atoms with van der Waals surface area (Å²) in [6, 6.07) is 27.2. The molecular weight excluding hydrogens is 481 g/mol. The first kappa shape index (κ1) is 33.2. The molecule has 0 saturated heterocycles. The predicted molar refractivity (Wildman–Crippen MR) is 141 cm³/mol. The minimum atomic E-state index is -0.272. The summed E-state index contributed by atoms with van der Waals surface area (Å²) in [4.78, 5) is 11.2. The van der Waals surface area contributed by atoms with Gasteiger partial charge in [0.25, 0.3) is 6.03 Å². The van der Waals surface area contributed by atoms with Crippen LogP contribution in [-0.4, -0.2) is 6.03 Å². The van der Waals surface area contributed by atoms with Gasteiger partial charge in [0.2, 0.25) is 0 Å². The average molecular weight is 523 g/mol. The fourth-order valence-corrected chi connectivity index (χ4v) is 2.99. The molecule has 0 atom stereocenters. The van der Waals surface area contributed by atoms with Gasteiger partial charge in [-0.3, -0.25) is 11.8 Å². The maximum Gasteiger partial charge on any atom is 0.285 e. The van der Waals surface area contributed by atoms with E-state index in [2.05, 4.69) is 90.5 Å². The number of benzene rings is 3. The van der Waals surface area contributed by atoms with Gasteiger partial charge in [-0.15, -0.1) is 0 Å². The zero-order chi connectivity index (χ0) is 24.2. The molecule has 0 fully saturated rings.